The van der Waals surface area contributed by atoms with Crippen LogP contribution in [0.2, 0.25) is 0 Å². The highest BCUT2D eigenvalue weighted by Crippen LogP contribution is 2.32. The highest BCUT2D eigenvalue weighted by Gasteiger charge is 2.38. The van der Waals surface area contributed by atoms with Gasteiger partial charge >= 0.3 is 0 Å². The van der Waals surface area contributed by atoms with Gasteiger partial charge in [0.2, 0.25) is 0 Å². The van der Waals surface area contributed by atoms with E-state index in [9.17, 15) is 10.1 Å². The maximum Gasteiger partial charge on any atom is 0.269 e. The van der Waals surface area contributed by atoms with Gasteiger partial charge in [-0.1, -0.05) is 48.5 Å². The standard InChI is InChI=1S/C25H22N4O3/c1-27-17-18-28(2)24(27)25(30,20-9-5-3-6-10-20)23(26-21-11-7-4-8-12-21)19-13-15-22(16-14-19)29(31)32/h3-18H,1-2H3. The summed E-state index contributed by atoms with van der Waals surface area (Å²) < 4.78 is 3.57. The summed E-state index contributed by atoms with van der Waals surface area (Å²) in [5.74, 6) is 0.483. The first-order chi connectivity index (χ1) is 15.4. The van der Waals surface area contributed by atoms with Crippen LogP contribution in [-0.2, 0) is 19.7 Å². The van der Waals surface area contributed by atoms with Gasteiger partial charge in [0, 0.05) is 12.1 Å². The third kappa shape index (κ3) is 3.81. The summed E-state index contributed by atoms with van der Waals surface area (Å²) in [4.78, 5) is 15.5. The molecular weight excluding hydrogens is 404 g/mol. The summed E-state index contributed by atoms with van der Waals surface area (Å²) in [5, 5.41) is 26.2. The highest BCUT2D eigenvalue weighted by molar-refractivity contribution is 6.09. The van der Waals surface area contributed by atoms with Crippen LogP contribution in [0.5, 0.6) is 0 Å². The van der Waals surface area contributed by atoms with Gasteiger partial charge in [-0.25, -0.2) is 9.13 Å². The average molecular weight is 426 g/mol. The lowest BCUT2D eigenvalue weighted by atomic mass is 9.83. The molecule has 0 saturated carbocycles. The van der Waals surface area contributed by atoms with Gasteiger partial charge < -0.3 is 5.11 Å². The summed E-state index contributed by atoms with van der Waals surface area (Å²) in [6, 6.07) is 24.2. The molecule has 0 saturated heterocycles. The number of benzene rings is 3. The maximum absolute atomic E-state index is 15.0. The number of nitrogens with zero attached hydrogens (tertiary/aromatic N) is 4. The molecule has 32 heavy (non-hydrogen) atoms. The molecule has 3 aromatic carbocycles. The Morgan fingerprint density at radius 1 is 0.969 bits per heavy atom. The lowest BCUT2D eigenvalue weighted by molar-refractivity contribution is -0.696. The van der Waals surface area contributed by atoms with Gasteiger partial charge in [-0.3, -0.25) is 15.1 Å². The van der Waals surface area contributed by atoms with E-state index in [0.29, 0.717) is 22.6 Å². The molecule has 7 nitrogen and oxygen atoms in total. The summed E-state index contributed by atoms with van der Waals surface area (Å²) in [5.41, 5.74) is -0.0327. The Morgan fingerprint density at radius 3 is 2.09 bits per heavy atom. The van der Waals surface area contributed by atoms with Crippen LogP contribution >= 0.6 is 0 Å². The summed E-state index contributed by atoms with van der Waals surface area (Å²) >= 11 is 0. The van der Waals surface area contributed by atoms with Crippen molar-refractivity contribution in [3.63, 3.8) is 0 Å². The molecule has 1 atom stereocenters. The fourth-order valence-electron chi connectivity index (χ4n) is 3.85. The first kappa shape index (κ1) is 21.1. The van der Waals surface area contributed by atoms with Gasteiger partial charge in [0.1, 0.15) is 12.4 Å². The second-order valence-electron chi connectivity index (χ2n) is 7.49. The van der Waals surface area contributed by atoms with Crippen LogP contribution in [0.25, 0.3) is 0 Å². The van der Waals surface area contributed by atoms with Crippen molar-refractivity contribution in [2.24, 2.45) is 19.1 Å². The van der Waals surface area contributed by atoms with Crippen molar-refractivity contribution in [3.05, 3.63) is 124 Å². The molecule has 0 amide bonds. The van der Waals surface area contributed by atoms with E-state index in [1.165, 1.54) is 12.1 Å². The smallest absolute Gasteiger partial charge is 0.269 e. The van der Waals surface area contributed by atoms with Gasteiger partial charge in [0.25, 0.3) is 11.5 Å². The van der Waals surface area contributed by atoms with Gasteiger partial charge in [0.05, 0.1) is 36.0 Å². The average Bonchev–Trinajstić information content (AvgIpc) is 3.16. The maximum atomic E-state index is 15.0. The number of rotatable bonds is 6. The van der Waals surface area contributed by atoms with Gasteiger partial charge in [-0.15, -0.1) is 0 Å². The monoisotopic (exact) mass is 426 g/mol. The van der Waals surface area contributed by atoms with Crippen LogP contribution in [0.1, 0.15) is 17.0 Å². The molecule has 7 heteroatoms. The van der Waals surface area contributed by atoms with Gasteiger partial charge in [-0.05, 0) is 35.4 Å². The molecule has 0 spiro atoms. The number of para-hydroxylation sites is 1. The van der Waals surface area contributed by atoms with Gasteiger partial charge in [-0.2, -0.15) is 0 Å². The Morgan fingerprint density at radius 2 is 1.56 bits per heavy atom. The van der Waals surface area contributed by atoms with Crippen molar-refractivity contribution in [2.45, 2.75) is 5.60 Å². The number of nitro benzene ring substituents is 1. The first-order valence-corrected chi connectivity index (χ1v) is 10.1. The molecule has 0 aliphatic carbocycles. The molecule has 1 aromatic heterocycles. The fourth-order valence-corrected chi connectivity index (χ4v) is 3.85. The van der Waals surface area contributed by atoms with Crippen molar-refractivity contribution in [2.75, 3.05) is 0 Å². The number of aromatic nitrogens is 2. The zero-order valence-electron chi connectivity index (χ0n) is 17.8. The fraction of sp³-hybridized carbons (Fsp3) is 0.120. The molecule has 4 aromatic rings. The summed E-state index contributed by atoms with van der Waals surface area (Å²) in [6.45, 7) is 0. The van der Waals surface area contributed by atoms with E-state index < -0.39 is 10.5 Å². The minimum absolute atomic E-state index is 0.0477. The number of non-ortho nitro benzene ring substituents is 1. The van der Waals surface area contributed by atoms with Crippen LogP contribution < -0.4 is 9.67 Å². The van der Waals surface area contributed by atoms with Crippen LogP contribution in [0.15, 0.2) is 102 Å². The minimum Gasteiger partial charge on any atom is -0.832 e. The van der Waals surface area contributed by atoms with E-state index >= 15 is 5.11 Å². The van der Waals surface area contributed by atoms with Crippen molar-refractivity contribution >= 4 is 17.1 Å². The number of imidazole rings is 1. The number of nitro groups is 1. The minimum atomic E-state index is -1.89. The number of aryl methyl sites for hydroxylation is 2. The van der Waals surface area contributed by atoms with Crippen molar-refractivity contribution in [1.29, 1.82) is 0 Å². The number of aliphatic imine (C=N–C) groups is 1. The second kappa shape index (κ2) is 8.56. The molecule has 0 aliphatic rings. The van der Waals surface area contributed by atoms with Crippen LogP contribution in [0.3, 0.4) is 0 Å². The molecule has 1 unspecified atom stereocenters. The Hall–Kier alpha value is -4.10. The molecule has 0 N–H and O–H groups in total. The normalized spacial score (nSPS) is 13.5. The Balaban J connectivity index is 2.04. The number of hydrogen-bond acceptors (Lipinski definition) is 4. The van der Waals surface area contributed by atoms with Crippen molar-refractivity contribution in [3.8, 4) is 0 Å². The van der Waals surface area contributed by atoms with Crippen molar-refractivity contribution < 1.29 is 14.6 Å². The molecule has 0 aliphatic heterocycles. The van der Waals surface area contributed by atoms with Crippen LogP contribution in [0, 0.1) is 10.1 Å². The molecule has 0 radical (unpaired) electrons. The van der Waals surface area contributed by atoms with Crippen LogP contribution in [0.4, 0.5) is 11.4 Å². The Bertz CT molecular complexity index is 1250. The zero-order chi connectivity index (χ0) is 22.7. The Kier molecular flexibility index (Phi) is 5.66. The quantitative estimate of drug-likeness (QED) is 0.205. The largest absolute Gasteiger partial charge is 0.832 e. The third-order valence-electron chi connectivity index (χ3n) is 5.36. The van der Waals surface area contributed by atoms with Gasteiger partial charge in [0.15, 0.2) is 0 Å². The molecular formula is C25H22N4O3. The SMILES string of the molecule is Cn1cc[n+](C)c1C([O-])(C(=Nc1ccccc1)c1ccc([N+](=O)[O-])cc1)c1ccccc1. The zero-order valence-corrected chi connectivity index (χ0v) is 17.8. The predicted molar refractivity (Wildman–Crippen MR) is 120 cm³/mol. The van der Waals surface area contributed by atoms with Crippen molar-refractivity contribution in [1.82, 2.24) is 4.57 Å². The van der Waals surface area contributed by atoms with E-state index in [1.54, 1.807) is 33.4 Å². The van der Waals surface area contributed by atoms with E-state index in [0.717, 1.165) is 0 Å². The Labute approximate surface area is 185 Å². The first-order valence-electron chi connectivity index (χ1n) is 10.1. The molecule has 0 bridgehead atoms. The molecule has 1 heterocycles. The molecule has 160 valence electrons. The van der Waals surface area contributed by atoms with Crippen LogP contribution in [-0.4, -0.2) is 15.2 Å². The van der Waals surface area contributed by atoms with E-state index in [2.05, 4.69) is 0 Å². The molecule has 4 rings (SSSR count). The van der Waals surface area contributed by atoms with E-state index in [4.69, 9.17) is 4.99 Å². The lowest BCUT2D eigenvalue weighted by Gasteiger charge is -2.39. The highest BCUT2D eigenvalue weighted by atomic mass is 16.6. The third-order valence-corrected chi connectivity index (χ3v) is 5.36. The number of hydrogen-bond donors (Lipinski definition) is 0. The molecule has 0 fully saturated rings. The van der Waals surface area contributed by atoms with E-state index in [-0.39, 0.29) is 11.4 Å². The topological polar surface area (TPSA) is 87.4 Å². The lowest BCUT2D eigenvalue weighted by Crippen LogP contribution is -2.57. The van der Waals surface area contributed by atoms with E-state index in [1.807, 2.05) is 75.0 Å². The second-order valence-corrected chi connectivity index (χ2v) is 7.49. The predicted octanol–water partition coefficient (Wildman–Crippen LogP) is 3.18. The summed E-state index contributed by atoms with van der Waals surface area (Å²) in [6.07, 6.45) is 3.64. The summed E-state index contributed by atoms with van der Waals surface area (Å²) in [7, 11) is 3.64.